The minimum atomic E-state index is -0.414. The fourth-order valence-electron chi connectivity index (χ4n) is 3.42. The molecule has 5 rings (SSSR count). The van der Waals surface area contributed by atoms with Crippen LogP contribution in [0.5, 0.6) is 11.8 Å². The van der Waals surface area contributed by atoms with Crippen LogP contribution in [0.2, 0.25) is 0 Å². The van der Waals surface area contributed by atoms with Crippen LogP contribution in [0.25, 0.3) is 27.9 Å². The number of hydrogen-bond donors (Lipinski definition) is 1. The normalized spacial score (nSPS) is 11.4. The molecule has 0 unspecified atom stereocenters. The van der Waals surface area contributed by atoms with E-state index in [2.05, 4.69) is 15.0 Å². The van der Waals surface area contributed by atoms with Crippen molar-refractivity contribution in [3.05, 3.63) is 77.1 Å². The summed E-state index contributed by atoms with van der Waals surface area (Å²) < 4.78 is 22.8. The molecule has 0 aliphatic heterocycles. The van der Waals surface area contributed by atoms with E-state index in [9.17, 15) is 9.18 Å². The van der Waals surface area contributed by atoms with Crippen molar-refractivity contribution in [1.29, 1.82) is 0 Å². The highest BCUT2D eigenvalue weighted by atomic mass is 19.1. The highest BCUT2D eigenvalue weighted by Crippen LogP contribution is 2.25. The van der Waals surface area contributed by atoms with Crippen LogP contribution in [0.15, 0.2) is 65.6 Å². The van der Waals surface area contributed by atoms with Crippen LogP contribution in [0.4, 0.5) is 4.39 Å². The van der Waals surface area contributed by atoms with E-state index >= 15 is 0 Å². The number of nitrogens with zero attached hydrogens (tertiary/aromatic N) is 4. The number of pyridine rings is 1. The van der Waals surface area contributed by atoms with E-state index in [0.717, 1.165) is 5.52 Å². The maximum atomic E-state index is 13.8. The van der Waals surface area contributed by atoms with Gasteiger partial charge >= 0.3 is 5.69 Å². The first-order chi connectivity index (χ1) is 14.2. The molecule has 144 valence electrons. The second kappa shape index (κ2) is 6.59. The number of imidazole rings is 2. The molecule has 7 nitrogen and oxygen atoms in total. The molecule has 0 aliphatic rings. The van der Waals surface area contributed by atoms with E-state index in [0.29, 0.717) is 29.1 Å². The van der Waals surface area contributed by atoms with E-state index in [1.54, 1.807) is 51.7 Å². The second-order valence-corrected chi connectivity index (χ2v) is 6.48. The van der Waals surface area contributed by atoms with Crippen molar-refractivity contribution in [2.45, 2.75) is 13.5 Å². The molecule has 3 aromatic heterocycles. The third-order valence-corrected chi connectivity index (χ3v) is 4.76. The largest absolute Gasteiger partial charge is 0.426 e. The highest BCUT2D eigenvalue weighted by Gasteiger charge is 2.15. The van der Waals surface area contributed by atoms with Crippen LogP contribution in [-0.2, 0) is 6.54 Å². The van der Waals surface area contributed by atoms with Crippen molar-refractivity contribution >= 4 is 22.2 Å². The van der Waals surface area contributed by atoms with Gasteiger partial charge in [0.05, 0.1) is 16.7 Å². The lowest BCUT2D eigenvalue weighted by molar-refractivity contribution is 0.449. The number of para-hydroxylation sites is 1. The van der Waals surface area contributed by atoms with Crippen molar-refractivity contribution in [3.63, 3.8) is 0 Å². The number of hydrogen-bond acceptors (Lipinski definition) is 4. The number of benzene rings is 2. The van der Waals surface area contributed by atoms with Gasteiger partial charge in [0.25, 0.3) is 6.01 Å². The van der Waals surface area contributed by atoms with Gasteiger partial charge in [0, 0.05) is 12.7 Å². The van der Waals surface area contributed by atoms with E-state index in [4.69, 9.17) is 4.74 Å². The number of aryl methyl sites for hydroxylation is 1. The molecule has 0 fully saturated rings. The molecular weight excluding hydrogens is 373 g/mol. The molecule has 1 N–H and O–H groups in total. The summed E-state index contributed by atoms with van der Waals surface area (Å²) in [6, 6.07) is 15.6. The van der Waals surface area contributed by atoms with Gasteiger partial charge in [-0.25, -0.2) is 18.7 Å². The Labute approximate surface area is 164 Å². The summed E-state index contributed by atoms with van der Waals surface area (Å²) in [6.07, 6.45) is 1.66. The fraction of sp³-hybridized carbons (Fsp3) is 0.0952. The van der Waals surface area contributed by atoms with E-state index in [1.165, 1.54) is 6.07 Å². The molecular formula is C21H16FN5O2. The Morgan fingerprint density at radius 1 is 1.10 bits per heavy atom. The molecule has 0 atom stereocenters. The lowest BCUT2D eigenvalue weighted by Gasteiger charge is -2.05. The zero-order chi connectivity index (χ0) is 20.0. The fourth-order valence-corrected chi connectivity index (χ4v) is 3.42. The Balaban J connectivity index is 1.51. The molecule has 2 aromatic carbocycles. The van der Waals surface area contributed by atoms with Gasteiger partial charge < -0.3 is 9.72 Å². The first-order valence-electron chi connectivity index (χ1n) is 9.14. The molecule has 0 spiro atoms. The summed E-state index contributed by atoms with van der Waals surface area (Å²) in [5.74, 6) is 0.0941. The Kier molecular flexibility index (Phi) is 3.90. The minimum Gasteiger partial charge on any atom is -0.426 e. The third kappa shape index (κ3) is 2.77. The number of aromatic amines is 1. The van der Waals surface area contributed by atoms with Crippen LogP contribution >= 0.6 is 0 Å². The van der Waals surface area contributed by atoms with Gasteiger partial charge in [-0.2, -0.15) is 4.98 Å². The van der Waals surface area contributed by atoms with Crippen LogP contribution in [0.1, 0.15) is 6.92 Å². The van der Waals surface area contributed by atoms with Gasteiger partial charge in [0.2, 0.25) is 0 Å². The van der Waals surface area contributed by atoms with Gasteiger partial charge in [-0.1, -0.05) is 6.07 Å². The van der Waals surface area contributed by atoms with Crippen molar-refractivity contribution in [3.8, 4) is 17.4 Å². The molecule has 8 heteroatoms. The predicted molar refractivity (Wildman–Crippen MR) is 107 cm³/mol. The maximum Gasteiger partial charge on any atom is 0.334 e. The molecule has 0 saturated heterocycles. The number of H-pyrrole nitrogens is 1. The topological polar surface area (TPSA) is 77.7 Å². The van der Waals surface area contributed by atoms with E-state index in [-0.39, 0.29) is 17.2 Å². The van der Waals surface area contributed by atoms with Gasteiger partial charge in [0.1, 0.15) is 11.3 Å². The first kappa shape index (κ1) is 17.2. The average Bonchev–Trinajstić information content (AvgIpc) is 3.27. The molecule has 3 heterocycles. The van der Waals surface area contributed by atoms with Crippen LogP contribution in [0, 0.1) is 5.82 Å². The zero-order valence-corrected chi connectivity index (χ0v) is 15.5. The van der Waals surface area contributed by atoms with Crippen molar-refractivity contribution < 1.29 is 9.13 Å². The second-order valence-electron chi connectivity index (χ2n) is 6.48. The smallest absolute Gasteiger partial charge is 0.334 e. The Morgan fingerprint density at radius 2 is 1.93 bits per heavy atom. The number of aromatic nitrogens is 5. The van der Waals surface area contributed by atoms with Crippen molar-refractivity contribution in [2.24, 2.45) is 0 Å². The van der Waals surface area contributed by atoms with Crippen LogP contribution in [0.3, 0.4) is 0 Å². The van der Waals surface area contributed by atoms with Crippen LogP contribution in [-0.4, -0.2) is 24.1 Å². The van der Waals surface area contributed by atoms with Gasteiger partial charge in [0.15, 0.2) is 11.5 Å². The quantitative estimate of drug-likeness (QED) is 0.504. The minimum absolute atomic E-state index is 0.150. The standard InChI is InChI=1S/C21H16FN5O2/c1-2-26-17-7-4-12-23-19(17)27(21(26)28)13-8-10-14(11-9-13)29-20-24-16-6-3-5-15(22)18(16)25-20/h3-12H,2H2,1H3,(H,24,25). The molecule has 0 bridgehead atoms. The summed E-state index contributed by atoms with van der Waals surface area (Å²) in [5, 5.41) is 0. The zero-order valence-electron chi connectivity index (χ0n) is 15.5. The summed E-state index contributed by atoms with van der Waals surface area (Å²) in [4.78, 5) is 24.3. The Morgan fingerprint density at radius 3 is 2.69 bits per heavy atom. The summed E-state index contributed by atoms with van der Waals surface area (Å²) >= 11 is 0. The third-order valence-electron chi connectivity index (χ3n) is 4.76. The molecule has 0 amide bonds. The van der Waals surface area contributed by atoms with Crippen molar-refractivity contribution in [1.82, 2.24) is 24.1 Å². The summed E-state index contributed by atoms with van der Waals surface area (Å²) in [6.45, 7) is 2.48. The maximum absolute atomic E-state index is 13.8. The number of fused-ring (bicyclic) bond motifs is 2. The average molecular weight is 389 g/mol. The highest BCUT2D eigenvalue weighted by molar-refractivity contribution is 5.76. The SMILES string of the molecule is CCn1c(=O)n(-c2ccc(Oc3nc4c(F)cccc4[nH]3)cc2)c2ncccc21. The lowest BCUT2D eigenvalue weighted by atomic mass is 10.3. The van der Waals surface area contributed by atoms with Crippen molar-refractivity contribution in [2.75, 3.05) is 0 Å². The number of ether oxygens (including phenoxy) is 1. The summed E-state index contributed by atoms with van der Waals surface area (Å²) in [5.41, 5.74) is 2.69. The number of halogens is 1. The Bertz CT molecular complexity index is 1400. The first-order valence-corrected chi connectivity index (χ1v) is 9.14. The van der Waals surface area contributed by atoms with E-state index < -0.39 is 5.82 Å². The molecule has 5 aromatic rings. The molecule has 0 radical (unpaired) electrons. The molecule has 0 aliphatic carbocycles. The predicted octanol–water partition coefficient (Wildman–Crippen LogP) is 4.01. The lowest BCUT2D eigenvalue weighted by Crippen LogP contribution is -2.22. The monoisotopic (exact) mass is 389 g/mol. The number of nitrogens with one attached hydrogen (secondary N) is 1. The van der Waals surface area contributed by atoms with Gasteiger partial charge in [-0.05, 0) is 55.5 Å². The molecule has 0 saturated carbocycles. The number of rotatable bonds is 4. The molecule has 29 heavy (non-hydrogen) atoms. The summed E-state index contributed by atoms with van der Waals surface area (Å²) in [7, 11) is 0. The van der Waals surface area contributed by atoms with Gasteiger partial charge in [-0.15, -0.1) is 0 Å². The van der Waals surface area contributed by atoms with E-state index in [1.807, 2.05) is 19.1 Å². The van der Waals surface area contributed by atoms with Crippen LogP contribution < -0.4 is 10.4 Å². The Hall–Kier alpha value is -3.94. The van der Waals surface area contributed by atoms with Gasteiger partial charge in [-0.3, -0.25) is 4.57 Å².